The second-order valence-corrected chi connectivity index (χ2v) is 31.9. The predicted octanol–water partition coefficient (Wildman–Crippen LogP) is 21.7. The van der Waals surface area contributed by atoms with Crippen LogP contribution < -0.4 is 0 Å². The van der Waals surface area contributed by atoms with Crippen LogP contribution in [-0.4, -0.2) is 96.7 Å². The lowest BCUT2D eigenvalue weighted by molar-refractivity contribution is -0.161. The van der Waals surface area contributed by atoms with Crippen LogP contribution in [0.15, 0.2) is 0 Å². The summed E-state index contributed by atoms with van der Waals surface area (Å²) < 4.78 is 68.4. The molecule has 0 radical (unpaired) electrons. The van der Waals surface area contributed by atoms with Gasteiger partial charge in [-0.1, -0.05) is 325 Å². The van der Waals surface area contributed by atoms with E-state index in [1.807, 2.05) is 0 Å². The van der Waals surface area contributed by atoms with Crippen molar-refractivity contribution in [1.82, 2.24) is 0 Å². The van der Waals surface area contributed by atoms with Crippen LogP contribution in [0, 0.1) is 23.7 Å². The number of phosphoric ester groups is 2. The zero-order valence-corrected chi connectivity index (χ0v) is 63.4. The van der Waals surface area contributed by atoms with Gasteiger partial charge in [-0.15, -0.1) is 0 Å². The maximum Gasteiger partial charge on any atom is 0.472 e. The minimum atomic E-state index is -4.96. The maximum atomic E-state index is 13.1. The number of unbranched alkanes of at least 4 members (excludes halogenated alkanes) is 38. The number of carbonyl (C=O) groups is 4. The van der Waals surface area contributed by atoms with Gasteiger partial charge in [0.15, 0.2) is 12.2 Å². The highest BCUT2D eigenvalue weighted by molar-refractivity contribution is 7.47. The zero-order valence-electron chi connectivity index (χ0n) is 61.6. The van der Waals surface area contributed by atoms with Crippen molar-refractivity contribution in [1.29, 1.82) is 0 Å². The molecule has 0 aromatic carbocycles. The van der Waals surface area contributed by atoms with Gasteiger partial charge >= 0.3 is 39.5 Å². The summed E-state index contributed by atoms with van der Waals surface area (Å²) in [6.45, 7) is 14.1. The Bertz CT molecular complexity index is 1850. The maximum absolute atomic E-state index is 13.1. The third-order valence-electron chi connectivity index (χ3n) is 17.3. The van der Waals surface area contributed by atoms with Gasteiger partial charge in [-0.05, 0) is 49.4 Å². The van der Waals surface area contributed by atoms with Crippen molar-refractivity contribution >= 4 is 39.5 Å². The van der Waals surface area contributed by atoms with Crippen molar-refractivity contribution in [3.63, 3.8) is 0 Å². The lowest BCUT2D eigenvalue weighted by atomic mass is 10.0. The number of ether oxygens (including phenoxy) is 4. The number of esters is 4. The predicted molar refractivity (Wildman–Crippen MR) is 381 cm³/mol. The molecule has 94 heavy (non-hydrogen) atoms. The van der Waals surface area contributed by atoms with Crippen LogP contribution in [-0.2, 0) is 65.4 Å². The first kappa shape index (κ1) is 92.1. The smallest absolute Gasteiger partial charge is 0.462 e. The van der Waals surface area contributed by atoms with E-state index in [4.69, 9.17) is 37.0 Å². The summed E-state index contributed by atoms with van der Waals surface area (Å²) in [4.78, 5) is 72.7. The first-order chi connectivity index (χ1) is 45.1. The van der Waals surface area contributed by atoms with Crippen LogP contribution in [0.2, 0.25) is 0 Å². The Kier molecular flexibility index (Phi) is 63.1. The van der Waals surface area contributed by atoms with E-state index in [1.165, 1.54) is 173 Å². The van der Waals surface area contributed by atoms with Gasteiger partial charge in [0, 0.05) is 25.7 Å². The number of phosphoric acid groups is 2. The summed E-state index contributed by atoms with van der Waals surface area (Å²) in [5.74, 6) is 0.869. The molecule has 0 aliphatic carbocycles. The highest BCUT2D eigenvalue weighted by atomic mass is 31.2. The van der Waals surface area contributed by atoms with Crippen molar-refractivity contribution in [2.24, 2.45) is 23.7 Å². The van der Waals surface area contributed by atoms with Crippen LogP contribution in [0.25, 0.3) is 0 Å². The van der Waals surface area contributed by atoms with E-state index in [0.717, 1.165) is 114 Å². The molecule has 0 spiro atoms. The van der Waals surface area contributed by atoms with Gasteiger partial charge in [0.05, 0.1) is 26.4 Å². The molecule has 2 unspecified atom stereocenters. The lowest BCUT2D eigenvalue weighted by Crippen LogP contribution is -2.30. The Morgan fingerprint density at radius 3 is 0.660 bits per heavy atom. The van der Waals surface area contributed by atoms with E-state index in [9.17, 15) is 43.2 Å². The average Bonchev–Trinajstić information content (AvgIpc) is 1.34. The van der Waals surface area contributed by atoms with E-state index in [-0.39, 0.29) is 25.7 Å². The van der Waals surface area contributed by atoms with Crippen molar-refractivity contribution < 1.29 is 80.2 Å². The second-order valence-electron chi connectivity index (χ2n) is 28.9. The Morgan fingerprint density at radius 2 is 0.447 bits per heavy atom. The molecule has 0 aromatic rings. The molecule has 0 heterocycles. The molecule has 17 nitrogen and oxygen atoms in total. The number of carbonyl (C=O) groups excluding carboxylic acids is 4. The van der Waals surface area contributed by atoms with Crippen LogP contribution in [0.3, 0.4) is 0 Å². The normalized spacial score (nSPS) is 14.2. The van der Waals surface area contributed by atoms with Gasteiger partial charge in [-0.2, -0.15) is 0 Å². The first-order valence-electron chi connectivity index (χ1n) is 38.7. The Labute approximate surface area is 575 Å². The van der Waals surface area contributed by atoms with Gasteiger partial charge in [0.2, 0.25) is 0 Å². The van der Waals surface area contributed by atoms with Gasteiger partial charge in [-0.3, -0.25) is 37.3 Å². The fourth-order valence-electron chi connectivity index (χ4n) is 11.4. The van der Waals surface area contributed by atoms with Crippen LogP contribution in [0.4, 0.5) is 0 Å². The molecule has 558 valence electrons. The first-order valence-corrected chi connectivity index (χ1v) is 41.7. The van der Waals surface area contributed by atoms with Gasteiger partial charge in [0.25, 0.3) is 0 Å². The highest BCUT2D eigenvalue weighted by Crippen LogP contribution is 2.45. The third-order valence-corrected chi connectivity index (χ3v) is 19.2. The van der Waals surface area contributed by atoms with Crippen LogP contribution >= 0.6 is 15.6 Å². The van der Waals surface area contributed by atoms with Gasteiger partial charge in [0.1, 0.15) is 19.3 Å². The van der Waals surface area contributed by atoms with Crippen molar-refractivity contribution in [2.75, 3.05) is 39.6 Å². The van der Waals surface area contributed by atoms with Crippen molar-refractivity contribution in [3.8, 4) is 0 Å². The number of rotatable bonds is 72. The summed E-state index contributed by atoms with van der Waals surface area (Å²) >= 11 is 0. The van der Waals surface area contributed by atoms with Gasteiger partial charge < -0.3 is 33.8 Å². The molecule has 0 fully saturated rings. The Balaban J connectivity index is 5.21. The quantitative estimate of drug-likeness (QED) is 0.0222. The summed E-state index contributed by atoms with van der Waals surface area (Å²) in [5.41, 5.74) is 0. The Morgan fingerprint density at radius 1 is 0.266 bits per heavy atom. The van der Waals surface area contributed by atoms with Crippen LogP contribution in [0.1, 0.15) is 376 Å². The van der Waals surface area contributed by atoms with Crippen LogP contribution in [0.5, 0.6) is 0 Å². The standard InChI is InChI=1S/C75H146O17P2/c1-65(2)51-43-35-27-21-16-13-11-9-10-12-14-18-24-30-39-47-55-72(77)85-61-70(91-74(79)57-49-41-31-25-19-15-17-22-28-36-44-52-66(3)4)63-89-93(81,82)87-59-69(76)60-88-94(83,84)90-64-71(62-86-73(78)56-48-40-34-33-38-46-54-68(7)8)92-75(80)58-50-42-32-26-20-23-29-37-45-53-67(5)6/h65-71,76H,9-64H2,1-8H3,(H,81,82)(H,83,84)/t69-,70-,71-/m1/s1. The molecule has 0 amide bonds. The van der Waals surface area contributed by atoms with E-state index < -0.39 is 97.5 Å². The number of hydrogen-bond acceptors (Lipinski definition) is 15. The topological polar surface area (TPSA) is 237 Å². The number of aliphatic hydroxyl groups excluding tert-OH is 1. The highest BCUT2D eigenvalue weighted by Gasteiger charge is 2.30. The van der Waals surface area contributed by atoms with Crippen molar-refractivity contribution in [2.45, 2.75) is 395 Å². The minimum absolute atomic E-state index is 0.104. The van der Waals surface area contributed by atoms with E-state index in [0.29, 0.717) is 31.6 Å². The largest absolute Gasteiger partial charge is 0.472 e. The molecule has 3 N–H and O–H groups in total. The molecule has 0 saturated carbocycles. The molecule has 0 aliphatic rings. The molecule has 5 atom stereocenters. The van der Waals surface area contributed by atoms with E-state index >= 15 is 0 Å². The molecule has 0 rings (SSSR count). The van der Waals surface area contributed by atoms with Gasteiger partial charge in [-0.25, -0.2) is 9.13 Å². The average molecular weight is 1380 g/mol. The lowest BCUT2D eigenvalue weighted by Gasteiger charge is -2.21. The Hall–Kier alpha value is -1.94. The number of aliphatic hydroxyl groups is 1. The fraction of sp³-hybridized carbons (Fsp3) is 0.947. The zero-order chi connectivity index (χ0) is 69.6. The minimum Gasteiger partial charge on any atom is -0.462 e. The van der Waals surface area contributed by atoms with E-state index in [1.54, 1.807) is 0 Å². The molecule has 0 bridgehead atoms. The summed E-state index contributed by atoms with van der Waals surface area (Å²) in [6, 6.07) is 0. The number of hydrogen-bond donors (Lipinski definition) is 3. The van der Waals surface area contributed by atoms with Crippen molar-refractivity contribution in [3.05, 3.63) is 0 Å². The second kappa shape index (κ2) is 64.4. The fourth-order valence-corrected chi connectivity index (χ4v) is 13.0. The molecule has 19 heteroatoms. The summed E-state index contributed by atoms with van der Waals surface area (Å²) in [5, 5.41) is 10.6. The third kappa shape index (κ3) is 68.6. The SMILES string of the molecule is CC(C)CCCCCCCCCCCCCCCCCCC(=O)OC[C@H](COP(=O)(O)OC[C@@H](O)COP(=O)(O)OC[C@@H](COC(=O)CCCCCCCCC(C)C)OC(=O)CCCCCCCCCCCC(C)C)OC(=O)CCCCCCCCCCCCCC(C)C. The van der Waals surface area contributed by atoms with E-state index in [2.05, 4.69) is 55.4 Å². The molecule has 0 aliphatic heterocycles. The molecular weight excluding hydrogens is 1230 g/mol. The molecule has 0 saturated heterocycles. The monoisotopic (exact) mass is 1380 g/mol. The molecular formula is C75H146O17P2. The summed E-state index contributed by atoms with van der Waals surface area (Å²) in [7, 11) is -9.91. The summed E-state index contributed by atoms with van der Waals surface area (Å²) in [6.07, 6.45) is 48.8. The molecule has 0 aromatic heterocycles.